The van der Waals surface area contributed by atoms with Crippen LogP contribution >= 0.6 is 0 Å². The molecule has 0 bridgehead atoms. The van der Waals surface area contributed by atoms with Crippen LogP contribution in [0.1, 0.15) is 12.5 Å². The summed E-state index contributed by atoms with van der Waals surface area (Å²) in [6.45, 7) is 1.68. The van der Waals surface area contributed by atoms with Crippen LogP contribution in [-0.2, 0) is 4.74 Å². The summed E-state index contributed by atoms with van der Waals surface area (Å²) < 4.78 is 4.77. The van der Waals surface area contributed by atoms with Crippen LogP contribution in [0.25, 0.3) is 16.5 Å². The predicted octanol–water partition coefficient (Wildman–Crippen LogP) is 3.54. The van der Waals surface area contributed by atoms with Crippen LogP contribution in [0.5, 0.6) is 0 Å². The average molecular weight is 217 g/mol. The maximum Gasteiger partial charge on any atom is 0.397 e. The van der Waals surface area contributed by atoms with Gasteiger partial charge in [-0.25, -0.2) is 4.79 Å². The lowest BCUT2D eigenvalue weighted by molar-refractivity contribution is 0.137. The van der Waals surface area contributed by atoms with Gasteiger partial charge in [-0.3, -0.25) is 0 Å². The number of benzene rings is 1. The van der Waals surface area contributed by atoms with Gasteiger partial charge in [0.05, 0.1) is 0 Å². The average Bonchev–Trinajstić information content (AvgIpc) is 2.28. The Bertz CT molecular complexity index is 422. The van der Waals surface area contributed by atoms with Gasteiger partial charge in [-0.1, -0.05) is 36.4 Å². The van der Waals surface area contributed by atoms with Crippen LogP contribution in [0.15, 0.2) is 41.5 Å². The number of amides is 1. The third-order valence-electron chi connectivity index (χ3n) is 1.77. The number of azide groups is 1. The molecule has 16 heavy (non-hydrogen) atoms. The minimum absolute atomic E-state index is 0.432. The topological polar surface area (TPSA) is 75.1 Å². The molecule has 1 unspecified atom stereocenters. The second-order valence-corrected chi connectivity index (χ2v) is 3.05. The minimum Gasteiger partial charge on any atom is -0.454 e. The SMILES string of the molecule is CC(/C=C/c1ccccc1)OC(=O)N=[N+]=[N-]. The van der Waals surface area contributed by atoms with Gasteiger partial charge in [-0.05, 0) is 24.1 Å². The molecule has 0 spiro atoms. The second kappa shape index (κ2) is 6.27. The molecular formula is C11H11N3O2. The zero-order chi connectivity index (χ0) is 11.8. The van der Waals surface area contributed by atoms with E-state index in [1.807, 2.05) is 36.4 Å². The van der Waals surface area contributed by atoms with Crippen LogP contribution in [0, 0.1) is 0 Å². The first-order valence-corrected chi connectivity index (χ1v) is 4.71. The largest absolute Gasteiger partial charge is 0.454 e. The van der Waals surface area contributed by atoms with E-state index in [2.05, 4.69) is 10.0 Å². The number of hydrogen-bond donors (Lipinski definition) is 0. The summed E-state index contributed by atoms with van der Waals surface area (Å²) in [7, 11) is 0. The molecule has 0 aliphatic heterocycles. The summed E-state index contributed by atoms with van der Waals surface area (Å²) in [5.74, 6) is 0. The highest BCUT2D eigenvalue weighted by Crippen LogP contribution is 2.04. The predicted molar refractivity (Wildman–Crippen MR) is 60.6 cm³/mol. The molecular weight excluding hydrogens is 206 g/mol. The maximum atomic E-state index is 10.8. The summed E-state index contributed by atoms with van der Waals surface area (Å²) in [5, 5.41) is 2.81. The second-order valence-electron chi connectivity index (χ2n) is 3.05. The van der Waals surface area contributed by atoms with E-state index in [4.69, 9.17) is 10.3 Å². The molecule has 0 saturated heterocycles. The van der Waals surface area contributed by atoms with Crippen LogP contribution in [0.4, 0.5) is 4.79 Å². The van der Waals surface area contributed by atoms with E-state index in [0.29, 0.717) is 0 Å². The molecule has 0 saturated carbocycles. The normalized spacial score (nSPS) is 11.8. The Balaban J connectivity index is 2.51. The molecule has 1 atom stereocenters. The lowest BCUT2D eigenvalue weighted by Gasteiger charge is -2.05. The van der Waals surface area contributed by atoms with E-state index in [9.17, 15) is 4.79 Å². The van der Waals surface area contributed by atoms with Crippen LogP contribution < -0.4 is 0 Å². The number of hydrogen-bond acceptors (Lipinski definition) is 2. The molecule has 0 aliphatic rings. The molecule has 5 nitrogen and oxygen atoms in total. The van der Waals surface area contributed by atoms with Crippen molar-refractivity contribution in [2.75, 3.05) is 0 Å². The number of rotatable bonds is 3. The first kappa shape index (κ1) is 11.8. The molecule has 1 aromatic carbocycles. The molecule has 1 rings (SSSR count). The Morgan fingerprint density at radius 3 is 2.81 bits per heavy atom. The first-order chi connectivity index (χ1) is 7.72. The van der Waals surface area contributed by atoms with Crippen molar-refractivity contribution in [3.8, 4) is 0 Å². The molecule has 5 heteroatoms. The van der Waals surface area contributed by atoms with Crippen molar-refractivity contribution in [2.24, 2.45) is 5.11 Å². The standard InChI is InChI=1S/C11H11N3O2/c1-9(16-11(15)13-14-12)7-8-10-5-3-2-4-6-10/h2-9H,1H3/b8-7+. The van der Waals surface area contributed by atoms with Crippen LogP contribution in [0.2, 0.25) is 0 Å². The van der Waals surface area contributed by atoms with E-state index in [1.165, 1.54) is 0 Å². The van der Waals surface area contributed by atoms with Crippen molar-refractivity contribution in [3.05, 3.63) is 52.4 Å². The highest BCUT2D eigenvalue weighted by Gasteiger charge is 2.02. The molecule has 82 valence electrons. The lowest BCUT2D eigenvalue weighted by atomic mass is 10.2. The van der Waals surface area contributed by atoms with Gasteiger partial charge >= 0.3 is 6.09 Å². The third-order valence-corrected chi connectivity index (χ3v) is 1.77. The first-order valence-electron chi connectivity index (χ1n) is 4.71. The van der Waals surface area contributed by atoms with Gasteiger partial charge in [-0.15, -0.1) is 0 Å². The quantitative estimate of drug-likeness (QED) is 0.441. The Kier molecular flexibility index (Phi) is 4.63. The number of nitrogens with zero attached hydrogens (tertiary/aromatic N) is 3. The van der Waals surface area contributed by atoms with Crippen LogP contribution in [-0.4, -0.2) is 12.2 Å². The zero-order valence-corrected chi connectivity index (χ0v) is 8.78. The number of ether oxygens (including phenoxy) is 1. The molecule has 0 fully saturated rings. The molecule has 0 heterocycles. The van der Waals surface area contributed by atoms with E-state index in [0.717, 1.165) is 5.56 Å². The van der Waals surface area contributed by atoms with E-state index in [-0.39, 0.29) is 0 Å². The van der Waals surface area contributed by atoms with Gasteiger partial charge < -0.3 is 4.74 Å². The smallest absolute Gasteiger partial charge is 0.397 e. The summed E-state index contributed by atoms with van der Waals surface area (Å²) >= 11 is 0. The van der Waals surface area contributed by atoms with Gasteiger partial charge in [0.15, 0.2) is 0 Å². The molecule has 0 aliphatic carbocycles. The Labute approximate surface area is 93.0 Å². The number of carbonyl (C=O) groups excluding carboxylic acids is 1. The van der Waals surface area contributed by atoms with Crippen molar-refractivity contribution >= 4 is 12.2 Å². The fourth-order valence-electron chi connectivity index (χ4n) is 1.07. The van der Waals surface area contributed by atoms with Crippen molar-refractivity contribution < 1.29 is 9.53 Å². The van der Waals surface area contributed by atoms with E-state index in [1.54, 1.807) is 13.0 Å². The van der Waals surface area contributed by atoms with Crippen molar-refractivity contribution in [2.45, 2.75) is 13.0 Å². The van der Waals surface area contributed by atoms with Gasteiger partial charge in [0.25, 0.3) is 0 Å². The summed E-state index contributed by atoms with van der Waals surface area (Å²) in [5.41, 5.74) is 9.01. The molecule has 1 amide bonds. The maximum absolute atomic E-state index is 10.8. The molecule has 0 N–H and O–H groups in total. The Hall–Kier alpha value is -2.26. The van der Waals surface area contributed by atoms with Crippen molar-refractivity contribution in [1.82, 2.24) is 0 Å². The van der Waals surface area contributed by atoms with Gasteiger partial charge in [0, 0.05) is 10.0 Å². The van der Waals surface area contributed by atoms with Crippen molar-refractivity contribution in [1.29, 1.82) is 0 Å². The monoisotopic (exact) mass is 217 g/mol. The molecule has 1 aromatic rings. The zero-order valence-electron chi connectivity index (χ0n) is 8.78. The van der Waals surface area contributed by atoms with Gasteiger partial charge in [-0.2, -0.15) is 0 Å². The molecule has 0 radical (unpaired) electrons. The summed E-state index contributed by atoms with van der Waals surface area (Å²) in [6, 6.07) is 9.60. The van der Waals surface area contributed by atoms with E-state index >= 15 is 0 Å². The van der Waals surface area contributed by atoms with Crippen LogP contribution in [0.3, 0.4) is 0 Å². The Morgan fingerprint density at radius 2 is 2.19 bits per heavy atom. The summed E-state index contributed by atoms with van der Waals surface area (Å²) in [4.78, 5) is 13.1. The summed E-state index contributed by atoms with van der Waals surface area (Å²) in [6.07, 6.45) is 2.18. The highest BCUT2D eigenvalue weighted by atomic mass is 16.6. The van der Waals surface area contributed by atoms with E-state index < -0.39 is 12.2 Å². The molecule has 0 aromatic heterocycles. The minimum atomic E-state index is -0.923. The fourth-order valence-corrected chi connectivity index (χ4v) is 1.07. The Morgan fingerprint density at radius 1 is 1.50 bits per heavy atom. The fraction of sp³-hybridized carbons (Fsp3) is 0.182. The third kappa shape index (κ3) is 4.30. The van der Waals surface area contributed by atoms with Gasteiger partial charge in [0.1, 0.15) is 6.10 Å². The highest BCUT2D eigenvalue weighted by molar-refractivity contribution is 5.68. The number of carbonyl (C=O) groups is 1. The van der Waals surface area contributed by atoms with Crippen molar-refractivity contribution in [3.63, 3.8) is 0 Å². The lowest BCUT2D eigenvalue weighted by Crippen LogP contribution is -2.08. The van der Waals surface area contributed by atoms with Gasteiger partial charge in [0.2, 0.25) is 0 Å².